The van der Waals surface area contributed by atoms with Crippen LogP contribution in [0.5, 0.6) is 0 Å². The summed E-state index contributed by atoms with van der Waals surface area (Å²) in [4.78, 5) is 20.2. The van der Waals surface area contributed by atoms with Gasteiger partial charge in [0.05, 0.1) is 11.1 Å². The van der Waals surface area contributed by atoms with Crippen LogP contribution in [0.4, 0.5) is 0 Å². The molecule has 0 saturated carbocycles. The molecule has 0 aliphatic rings. The SMILES string of the molecule is O=C(O)c1cccc(C(=O)O)c1S(=O)(=O)O.[Li+]. The Morgan fingerprint density at radius 1 is 1.00 bits per heavy atom. The molecule has 0 radical (unpaired) electrons. The molecule has 9 heteroatoms. The second-order valence-electron chi connectivity index (χ2n) is 2.77. The van der Waals surface area contributed by atoms with Gasteiger partial charge in [-0.25, -0.2) is 9.59 Å². The van der Waals surface area contributed by atoms with Gasteiger partial charge in [0.25, 0.3) is 10.1 Å². The van der Waals surface area contributed by atoms with Crippen LogP contribution in [0.3, 0.4) is 0 Å². The van der Waals surface area contributed by atoms with Gasteiger partial charge in [-0.3, -0.25) is 4.55 Å². The Kier molecular flexibility index (Phi) is 4.91. The van der Waals surface area contributed by atoms with Crippen molar-refractivity contribution in [1.82, 2.24) is 0 Å². The molecule has 3 N–H and O–H groups in total. The summed E-state index contributed by atoms with van der Waals surface area (Å²) in [6.07, 6.45) is 0. The van der Waals surface area contributed by atoms with Crippen molar-refractivity contribution in [3.63, 3.8) is 0 Å². The first-order valence-corrected chi connectivity index (χ1v) is 5.26. The van der Waals surface area contributed by atoms with Crippen LogP contribution in [0.2, 0.25) is 0 Å². The topological polar surface area (TPSA) is 129 Å². The minimum atomic E-state index is -4.92. The van der Waals surface area contributed by atoms with E-state index in [2.05, 4.69) is 0 Å². The molecule has 1 aromatic carbocycles. The standard InChI is InChI=1S/C8H6O7S.Li/c9-7(10)4-2-1-3-5(8(11)12)6(4)16(13,14)15;/h1-3H,(H,9,10)(H,11,12)(H,13,14,15);/q;+1. The molecular formula is C8H6LiO7S+. The summed E-state index contributed by atoms with van der Waals surface area (Å²) in [6.45, 7) is 0. The average molecular weight is 253 g/mol. The molecule has 0 heterocycles. The number of rotatable bonds is 3. The van der Waals surface area contributed by atoms with Gasteiger partial charge in [-0.05, 0) is 12.1 Å². The van der Waals surface area contributed by atoms with Crippen molar-refractivity contribution in [2.24, 2.45) is 0 Å². The van der Waals surface area contributed by atoms with E-state index in [1.165, 1.54) is 0 Å². The number of carbonyl (C=O) groups is 2. The molecule has 0 atom stereocenters. The van der Waals surface area contributed by atoms with Gasteiger partial charge in [0.1, 0.15) is 4.90 Å². The summed E-state index contributed by atoms with van der Waals surface area (Å²) >= 11 is 0. The van der Waals surface area contributed by atoms with E-state index in [0.717, 1.165) is 18.2 Å². The Hall–Kier alpha value is -1.33. The number of carboxylic acids is 2. The van der Waals surface area contributed by atoms with Crippen LogP contribution in [0, 0.1) is 0 Å². The minimum absolute atomic E-state index is 0. The van der Waals surface area contributed by atoms with Crippen LogP contribution in [-0.4, -0.2) is 35.1 Å². The second-order valence-corrected chi connectivity index (χ2v) is 4.13. The van der Waals surface area contributed by atoms with Gasteiger partial charge in [-0.15, -0.1) is 0 Å². The van der Waals surface area contributed by atoms with Crippen molar-refractivity contribution in [3.05, 3.63) is 29.3 Å². The maximum absolute atomic E-state index is 10.9. The molecule has 0 spiro atoms. The zero-order valence-corrected chi connectivity index (χ0v) is 9.43. The van der Waals surface area contributed by atoms with E-state index in [0.29, 0.717) is 0 Å². The third-order valence-corrected chi connectivity index (χ3v) is 2.69. The van der Waals surface area contributed by atoms with Crippen molar-refractivity contribution < 1.29 is 51.6 Å². The van der Waals surface area contributed by atoms with Gasteiger partial charge in [0.2, 0.25) is 0 Å². The molecule has 0 aliphatic carbocycles. The van der Waals surface area contributed by atoms with Crippen molar-refractivity contribution in [3.8, 4) is 0 Å². The fraction of sp³-hybridized carbons (Fsp3) is 0. The smallest absolute Gasteiger partial charge is 0.478 e. The van der Waals surface area contributed by atoms with Gasteiger partial charge in [-0.2, -0.15) is 8.42 Å². The first kappa shape index (κ1) is 15.7. The van der Waals surface area contributed by atoms with Crippen LogP contribution >= 0.6 is 0 Å². The molecule has 86 valence electrons. The summed E-state index contributed by atoms with van der Waals surface area (Å²) in [5.41, 5.74) is -1.58. The number of carboxylic acid groups (broad SMARTS) is 2. The van der Waals surface area contributed by atoms with Gasteiger partial charge in [0, 0.05) is 0 Å². The molecule has 0 unspecified atom stereocenters. The van der Waals surface area contributed by atoms with E-state index in [4.69, 9.17) is 14.8 Å². The number of benzene rings is 1. The third-order valence-electron chi connectivity index (χ3n) is 1.73. The van der Waals surface area contributed by atoms with Gasteiger partial charge < -0.3 is 10.2 Å². The van der Waals surface area contributed by atoms with E-state index in [1.807, 2.05) is 0 Å². The minimum Gasteiger partial charge on any atom is -0.478 e. The summed E-state index contributed by atoms with van der Waals surface area (Å²) in [7, 11) is -4.92. The zero-order valence-electron chi connectivity index (χ0n) is 8.61. The maximum atomic E-state index is 10.9. The molecule has 1 aromatic rings. The number of hydrogen-bond donors (Lipinski definition) is 3. The summed E-state index contributed by atoms with van der Waals surface area (Å²) in [6, 6.07) is 2.84. The molecule has 0 saturated heterocycles. The van der Waals surface area contributed by atoms with E-state index >= 15 is 0 Å². The molecule has 17 heavy (non-hydrogen) atoms. The molecule has 0 bridgehead atoms. The largest absolute Gasteiger partial charge is 1.00 e. The number of aromatic carboxylic acids is 2. The second kappa shape index (κ2) is 5.33. The Labute approximate surface area is 108 Å². The van der Waals surface area contributed by atoms with Crippen molar-refractivity contribution in [1.29, 1.82) is 0 Å². The average Bonchev–Trinajstić information content (AvgIpc) is 2.15. The number of hydrogen-bond acceptors (Lipinski definition) is 4. The third kappa shape index (κ3) is 3.31. The molecule has 0 amide bonds. The summed E-state index contributed by atoms with van der Waals surface area (Å²) in [5.74, 6) is -3.29. The van der Waals surface area contributed by atoms with Crippen molar-refractivity contribution in [2.75, 3.05) is 0 Å². The molecule has 7 nitrogen and oxygen atoms in total. The Bertz CT molecular complexity index is 531. The fourth-order valence-corrected chi connectivity index (χ4v) is 2.02. The summed E-state index contributed by atoms with van der Waals surface area (Å²) < 4.78 is 30.6. The van der Waals surface area contributed by atoms with Crippen LogP contribution in [-0.2, 0) is 10.1 Å². The van der Waals surface area contributed by atoms with Crippen molar-refractivity contribution >= 4 is 22.1 Å². The van der Waals surface area contributed by atoms with E-state index in [1.54, 1.807) is 0 Å². The first-order valence-electron chi connectivity index (χ1n) is 3.82. The normalized spacial score (nSPS) is 10.4. The van der Waals surface area contributed by atoms with Crippen molar-refractivity contribution in [2.45, 2.75) is 4.90 Å². The fourth-order valence-electron chi connectivity index (χ4n) is 1.15. The van der Waals surface area contributed by atoms with E-state index < -0.39 is 38.1 Å². The van der Waals surface area contributed by atoms with Gasteiger partial charge in [-0.1, -0.05) is 6.07 Å². The first-order chi connectivity index (χ1) is 7.25. The molecule has 0 aliphatic heterocycles. The summed E-state index contributed by atoms with van der Waals surface area (Å²) in [5, 5.41) is 17.3. The van der Waals surface area contributed by atoms with Gasteiger partial charge in [0.15, 0.2) is 0 Å². The van der Waals surface area contributed by atoms with Crippen LogP contribution in [0.25, 0.3) is 0 Å². The predicted molar refractivity (Wildman–Crippen MR) is 50.2 cm³/mol. The maximum Gasteiger partial charge on any atom is 1.00 e. The Morgan fingerprint density at radius 2 is 1.35 bits per heavy atom. The van der Waals surface area contributed by atoms with Crippen LogP contribution in [0.15, 0.2) is 23.1 Å². The molecule has 1 rings (SSSR count). The molecule has 0 fully saturated rings. The monoisotopic (exact) mass is 253 g/mol. The zero-order chi connectivity index (χ0) is 12.5. The molecular weight excluding hydrogens is 247 g/mol. The quantitative estimate of drug-likeness (QED) is 0.396. The predicted octanol–water partition coefficient (Wildman–Crippen LogP) is -2.67. The van der Waals surface area contributed by atoms with E-state index in [9.17, 15) is 18.0 Å². The Balaban J connectivity index is 0.00000256. The van der Waals surface area contributed by atoms with Crippen LogP contribution in [0.1, 0.15) is 20.7 Å². The van der Waals surface area contributed by atoms with Gasteiger partial charge >= 0.3 is 30.8 Å². The van der Waals surface area contributed by atoms with Crippen LogP contribution < -0.4 is 18.9 Å². The molecule has 0 aromatic heterocycles. The van der Waals surface area contributed by atoms with E-state index in [-0.39, 0.29) is 18.9 Å². The Morgan fingerprint density at radius 3 is 1.59 bits per heavy atom.